The van der Waals surface area contributed by atoms with Crippen molar-refractivity contribution in [1.82, 2.24) is 9.88 Å². The van der Waals surface area contributed by atoms with Crippen LogP contribution in [0.25, 0.3) is 10.9 Å². The predicted octanol–water partition coefficient (Wildman–Crippen LogP) is 2.84. The van der Waals surface area contributed by atoms with E-state index >= 15 is 0 Å². The summed E-state index contributed by atoms with van der Waals surface area (Å²) in [7, 11) is 0. The van der Waals surface area contributed by atoms with Crippen LogP contribution in [0.15, 0.2) is 30.5 Å². The number of ketones is 1. The van der Waals surface area contributed by atoms with E-state index in [0.29, 0.717) is 6.04 Å². The van der Waals surface area contributed by atoms with E-state index in [1.807, 2.05) is 18.2 Å². The molecule has 0 fully saturated rings. The Morgan fingerprint density at radius 1 is 1.33 bits per heavy atom. The Morgan fingerprint density at radius 3 is 2.78 bits per heavy atom. The maximum absolute atomic E-state index is 11.3. The van der Waals surface area contributed by atoms with Crippen molar-refractivity contribution >= 4 is 16.7 Å². The average Bonchev–Trinajstić information content (AvgIpc) is 2.71. The second kappa shape index (κ2) is 5.36. The van der Waals surface area contributed by atoms with E-state index in [1.165, 1.54) is 5.52 Å². The molecule has 2 aromatic rings. The first-order chi connectivity index (χ1) is 8.58. The Hall–Kier alpha value is -1.61. The van der Waals surface area contributed by atoms with Gasteiger partial charge in [-0.05, 0) is 31.2 Å². The maximum Gasteiger partial charge on any atom is 0.159 e. The minimum Gasteiger partial charge on any atom is -0.346 e. The van der Waals surface area contributed by atoms with E-state index in [1.54, 1.807) is 6.92 Å². The van der Waals surface area contributed by atoms with Crippen molar-refractivity contribution in [3.63, 3.8) is 0 Å². The Kier molecular flexibility index (Phi) is 3.82. The molecule has 18 heavy (non-hydrogen) atoms. The largest absolute Gasteiger partial charge is 0.346 e. The molecule has 2 rings (SSSR count). The molecule has 0 atom stereocenters. The molecule has 0 unspecified atom stereocenters. The highest BCUT2D eigenvalue weighted by Gasteiger charge is 2.04. The highest BCUT2D eigenvalue weighted by molar-refractivity contribution is 5.98. The van der Waals surface area contributed by atoms with Gasteiger partial charge >= 0.3 is 0 Å². The van der Waals surface area contributed by atoms with Crippen molar-refractivity contribution in [2.45, 2.75) is 33.4 Å². The number of fused-ring (bicyclic) bond motifs is 1. The summed E-state index contributed by atoms with van der Waals surface area (Å²) in [4.78, 5) is 11.3. The number of carbonyl (C=O) groups excluding carboxylic acids is 1. The predicted molar refractivity (Wildman–Crippen MR) is 75.1 cm³/mol. The topological polar surface area (TPSA) is 34.0 Å². The molecule has 1 N–H and O–H groups in total. The van der Waals surface area contributed by atoms with E-state index in [2.05, 4.69) is 36.0 Å². The Morgan fingerprint density at radius 2 is 2.11 bits per heavy atom. The van der Waals surface area contributed by atoms with E-state index in [9.17, 15) is 4.79 Å². The maximum atomic E-state index is 11.3. The minimum atomic E-state index is 0.117. The zero-order valence-electron chi connectivity index (χ0n) is 11.2. The lowest BCUT2D eigenvalue weighted by molar-refractivity contribution is 0.101. The van der Waals surface area contributed by atoms with E-state index in [4.69, 9.17) is 0 Å². The van der Waals surface area contributed by atoms with E-state index < -0.39 is 0 Å². The Labute approximate surface area is 108 Å². The molecule has 0 amide bonds. The smallest absolute Gasteiger partial charge is 0.159 e. The molecule has 0 saturated heterocycles. The Bertz CT molecular complexity index is 555. The van der Waals surface area contributed by atoms with Crippen molar-refractivity contribution in [1.29, 1.82) is 0 Å². The fraction of sp³-hybridized carbons (Fsp3) is 0.400. The second-order valence-corrected chi connectivity index (χ2v) is 4.95. The fourth-order valence-corrected chi connectivity index (χ4v) is 2.09. The van der Waals surface area contributed by atoms with Crippen molar-refractivity contribution in [2.75, 3.05) is 6.54 Å². The fourth-order valence-electron chi connectivity index (χ4n) is 2.09. The van der Waals surface area contributed by atoms with Gasteiger partial charge in [0.25, 0.3) is 0 Å². The van der Waals surface area contributed by atoms with Crippen LogP contribution in [0.1, 0.15) is 31.1 Å². The van der Waals surface area contributed by atoms with Gasteiger partial charge in [-0.2, -0.15) is 0 Å². The Balaban J connectivity index is 2.18. The SMILES string of the molecule is CC(=O)c1ccc2c(ccn2CCNC(C)C)c1. The highest BCUT2D eigenvalue weighted by Crippen LogP contribution is 2.17. The van der Waals surface area contributed by atoms with Gasteiger partial charge < -0.3 is 9.88 Å². The van der Waals surface area contributed by atoms with Crippen LogP contribution in [-0.4, -0.2) is 22.9 Å². The molecule has 0 radical (unpaired) electrons. The third-order valence-electron chi connectivity index (χ3n) is 3.08. The minimum absolute atomic E-state index is 0.117. The average molecular weight is 244 g/mol. The summed E-state index contributed by atoms with van der Waals surface area (Å²) in [6.07, 6.45) is 2.08. The zero-order valence-corrected chi connectivity index (χ0v) is 11.2. The molecule has 0 aliphatic carbocycles. The molecule has 0 spiro atoms. The lowest BCUT2D eigenvalue weighted by Gasteiger charge is -2.09. The standard InChI is InChI=1S/C15H20N2O/c1-11(2)16-7-9-17-8-6-14-10-13(12(3)18)4-5-15(14)17/h4-6,8,10-11,16H,7,9H2,1-3H3. The van der Waals surface area contributed by atoms with Gasteiger partial charge in [-0.25, -0.2) is 0 Å². The second-order valence-electron chi connectivity index (χ2n) is 4.95. The van der Waals surface area contributed by atoms with Crippen LogP contribution in [0, 0.1) is 0 Å². The van der Waals surface area contributed by atoms with Crippen LogP contribution < -0.4 is 5.32 Å². The lowest BCUT2D eigenvalue weighted by atomic mass is 10.1. The summed E-state index contributed by atoms with van der Waals surface area (Å²) in [5.74, 6) is 0.117. The number of rotatable bonds is 5. The molecular formula is C15H20N2O. The third kappa shape index (κ3) is 2.79. The molecule has 0 aliphatic rings. The molecule has 3 nitrogen and oxygen atoms in total. The molecule has 0 bridgehead atoms. The van der Waals surface area contributed by atoms with Crippen molar-refractivity contribution in [3.8, 4) is 0 Å². The zero-order chi connectivity index (χ0) is 13.1. The van der Waals surface area contributed by atoms with Gasteiger partial charge in [0.05, 0.1) is 0 Å². The lowest BCUT2D eigenvalue weighted by Crippen LogP contribution is -2.26. The van der Waals surface area contributed by atoms with E-state index in [0.717, 1.165) is 24.0 Å². The molecule has 1 heterocycles. The molecule has 0 aliphatic heterocycles. The molecule has 96 valence electrons. The molecule has 1 aromatic heterocycles. The summed E-state index contributed by atoms with van der Waals surface area (Å²) in [6.45, 7) is 7.79. The highest BCUT2D eigenvalue weighted by atomic mass is 16.1. The number of aromatic nitrogens is 1. The normalized spacial score (nSPS) is 11.3. The quantitative estimate of drug-likeness (QED) is 0.821. The number of carbonyl (C=O) groups is 1. The van der Waals surface area contributed by atoms with Crippen molar-refractivity contribution in [2.24, 2.45) is 0 Å². The molecule has 3 heteroatoms. The third-order valence-corrected chi connectivity index (χ3v) is 3.08. The number of benzene rings is 1. The van der Waals surface area contributed by atoms with Gasteiger partial charge in [-0.15, -0.1) is 0 Å². The van der Waals surface area contributed by atoms with Crippen LogP contribution in [0.2, 0.25) is 0 Å². The van der Waals surface area contributed by atoms with Gasteiger partial charge in [0.15, 0.2) is 5.78 Å². The van der Waals surface area contributed by atoms with Crippen molar-refractivity contribution in [3.05, 3.63) is 36.0 Å². The van der Waals surface area contributed by atoms with E-state index in [-0.39, 0.29) is 5.78 Å². The van der Waals surface area contributed by atoms with Crippen LogP contribution in [-0.2, 0) is 6.54 Å². The molecule has 1 aromatic carbocycles. The number of Topliss-reactive ketones (excluding diaryl/α,β-unsaturated/α-hetero) is 1. The van der Waals surface area contributed by atoms with Crippen LogP contribution in [0.3, 0.4) is 0 Å². The summed E-state index contributed by atoms with van der Waals surface area (Å²) in [5.41, 5.74) is 1.96. The first kappa shape index (κ1) is 12.8. The van der Waals surface area contributed by atoms with Gasteiger partial charge in [-0.3, -0.25) is 4.79 Å². The molecular weight excluding hydrogens is 224 g/mol. The van der Waals surface area contributed by atoms with Gasteiger partial charge in [0, 0.05) is 41.8 Å². The number of hydrogen-bond donors (Lipinski definition) is 1. The summed E-state index contributed by atoms with van der Waals surface area (Å²) in [6, 6.07) is 8.47. The summed E-state index contributed by atoms with van der Waals surface area (Å²) in [5, 5.41) is 4.53. The summed E-state index contributed by atoms with van der Waals surface area (Å²) < 4.78 is 2.22. The monoisotopic (exact) mass is 244 g/mol. The molecule has 0 saturated carbocycles. The van der Waals surface area contributed by atoms with Gasteiger partial charge in [0.2, 0.25) is 0 Å². The van der Waals surface area contributed by atoms with Gasteiger partial charge in [0.1, 0.15) is 0 Å². The number of hydrogen-bond acceptors (Lipinski definition) is 2. The van der Waals surface area contributed by atoms with Gasteiger partial charge in [-0.1, -0.05) is 13.8 Å². The van der Waals surface area contributed by atoms with Crippen molar-refractivity contribution < 1.29 is 4.79 Å². The van der Waals surface area contributed by atoms with Crippen LogP contribution >= 0.6 is 0 Å². The summed E-state index contributed by atoms with van der Waals surface area (Å²) >= 11 is 0. The van der Waals surface area contributed by atoms with Crippen LogP contribution in [0.4, 0.5) is 0 Å². The van der Waals surface area contributed by atoms with Crippen LogP contribution in [0.5, 0.6) is 0 Å². The number of nitrogens with one attached hydrogen (secondary N) is 1. The first-order valence-corrected chi connectivity index (χ1v) is 6.41. The first-order valence-electron chi connectivity index (χ1n) is 6.41. The number of nitrogens with zero attached hydrogens (tertiary/aromatic N) is 1.